The zero-order chi connectivity index (χ0) is 12.8. The van der Waals surface area contributed by atoms with Crippen LogP contribution in [-0.2, 0) is 19.1 Å². The standard InChI is InChI=1S/C11H16N2O4/c1-7(14)10(13-12)11(15)17-9-6-4-3-5-8(9)16-2/h8-9H,3-6H2,1-2H3/t8-,9-/m1/s1. The SMILES string of the molecule is CO[C@@H]1CCCC[C@H]1OC(=O)C(=[N+]=[N-])C(C)=O. The summed E-state index contributed by atoms with van der Waals surface area (Å²) in [6, 6.07) is 0. The molecule has 2 atom stereocenters. The van der Waals surface area contributed by atoms with E-state index in [1.54, 1.807) is 7.11 Å². The molecule has 0 spiro atoms. The lowest BCUT2D eigenvalue weighted by Crippen LogP contribution is -2.38. The van der Waals surface area contributed by atoms with Crippen molar-refractivity contribution >= 4 is 17.5 Å². The molecule has 0 unspecified atom stereocenters. The molecule has 0 heterocycles. The highest BCUT2D eigenvalue weighted by Crippen LogP contribution is 2.23. The lowest BCUT2D eigenvalue weighted by molar-refractivity contribution is -0.156. The Morgan fingerprint density at radius 3 is 2.29 bits per heavy atom. The van der Waals surface area contributed by atoms with E-state index < -0.39 is 17.5 Å². The molecule has 0 bridgehead atoms. The van der Waals surface area contributed by atoms with Crippen LogP contribution in [0.4, 0.5) is 0 Å². The Morgan fingerprint density at radius 1 is 1.24 bits per heavy atom. The van der Waals surface area contributed by atoms with Crippen molar-refractivity contribution in [3.63, 3.8) is 0 Å². The highest BCUT2D eigenvalue weighted by atomic mass is 16.6. The van der Waals surface area contributed by atoms with E-state index in [0.717, 1.165) is 26.2 Å². The average molecular weight is 240 g/mol. The van der Waals surface area contributed by atoms with Crippen LogP contribution in [0.5, 0.6) is 0 Å². The number of esters is 1. The van der Waals surface area contributed by atoms with Gasteiger partial charge in [0.1, 0.15) is 6.10 Å². The first-order valence-corrected chi connectivity index (χ1v) is 5.57. The van der Waals surface area contributed by atoms with Crippen LogP contribution in [0.25, 0.3) is 5.53 Å². The van der Waals surface area contributed by atoms with Crippen LogP contribution in [0.3, 0.4) is 0 Å². The second-order valence-corrected chi connectivity index (χ2v) is 4.01. The first-order chi connectivity index (χ1) is 8.10. The third kappa shape index (κ3) is 3.47. The van der Waals surface area contributed by atoms with Crippen LogP contribution < -0.4 is 0 Å². The second-order valence-electron chi connectivity index (χ2n) is 4.01. The van der Waals surface area contributed by atoms with Crippen molar-refractivity contribution in [2.24, 2.45) is 0 Å². The van der Waals surface area contributed by atoms with Gasteiger partial charge in [-0.05, 0) is 19.3 Å². The van der Waals surface area contributed by atoms with Crippen molar-refractivity contribution in [2.45, 2.75) is 44.8 Å². The Kier molecular flexibility index (Phi) is 5.00. The molecule has 0 aromatic carbocycles. The fourth-order valence-corrected chi connectivity index (χ4v) is 1.92. The van der Waals surface area contributed by atoms with Crippen LogP contribution in [0.15, 0.2) is 0 Å². The Labute approximate surface area is 99.5 Å². The average Bonchev–Trinajstić information content (AvgIpc) is 2.30. The van der Waals surface area contributed by atoms with Crippen molar-refractivity contribution in [2.75, 3.05) is 7.11 Å². The van der Waals surface area contributed by atoms with Gasteiger partial charge in [0, 0.05) is 14.0 Å². The molecule has 0 aromatic heterocycles. The third-order valence-corrected chi connectivity index (χ3v) is 2.83. The molecular formula is C11H16N2O4. The molecule has 1 aliphatic carbocycles. The smallest absolute Gasteiger partial charge is 0.441 e. The summed E-state index contributed by atoms with van der Waals surface area (Å²) in [5.41, 5.74) is 7.98. The maximum absolute atomic E-state index is 11.6. The predicted octanol–water partition coefficient (Wildman–Crippen LogP) is 0.747. The predicted molar refractivity (Wildman–Crippen MR) is 58.5 cm³/mol. The minimum Gasteiger partial charge on any atom is -0.451 e. The zero-order valence-electron chi connectivity index (χ0n) is 10.0. The van der Waals surface area contributed by atoms with Gasteiger partial charge in [0.15, 0.2) is 0 Å². The number of carbonyl (C=O) groups is 2. The van der Waals surface area contributed by atoms with Gasteiger partial charge in [-0.15, -0.1) is 0 Å². The molecule has 0 N–H and O–H groups in total. The maximum atomic E-state index is 11.6. The van der Waals surface area contributed by atoms with Crippen LogP contribution in [0.2, 0.25) is 0 Å². The normalized spacial score (nSPS) is 23.6. The Bertz CT molecular complexity index is 360. The van der Waals surface area contributed by atoms with E-state index in [9.17, 15) is 9.59 Å². The molecule has 1 fully saturated rings. The van der Waals surface area contributed by atoms with Gasteiger partial charge in [-0.1, -0.05) is 6.42 Å². The minimum absolute atomic E-state index is 0.153. The van der Waals surface area contributed by atoms with Crippen LogP contribution >= 0.6 is 0 Å². The molecule has 0 aliphatic heterocycles. The van der Waals surface area contributed by atoms with Gasteiger partial charge in [-0.25, -0.2) is 4.79 Å². The van der Waals surface area contributed by atoms with Gasteiger partial charge in [0.25, 0.3) is 0 Å². The summed E-state index contributed by atoms with van der Waals surface area (Å²) in [4.78, 5) is 25.2. The van der Waals surface area contributed by atoms with E-state index >= 15 is 0 Å². The number of nitrogens with zero attached hydrogens (tertiary/aromatic N) is 2. The third-order valence-electron chi connectivity index (χ3n) is 2.83. The van der Waals surface area contributed by atoms with E-state index in [1.807, 2.05) is 0 Å². The molecule has 0 aromatic rings. The minimum atomic E-state index is -0.894. The number of methoxy groups -OCH3 is 1. The van der Waals surface area contributed by atoms with E-state index in [1.165, 1.54) is 0 Å². The molecule has 6 nitrogen and oxygen atoms in total. The highest BCUT2D eigenvalue weighted by molar-refractivity contribution is 6.61. The molecule has 0 saturated heterocycles. The van der Waals surface area contributed by atoms with Gasteiger partial charge < -0.3 is 15.0 Å². The summed E-state index contributed by atoms with van der Waals surface area (Å²) in [6.45, 7) is 1.14. The van der Waals surface area contributed by atoms with Crippen molar-refractivity contribution in [3.05, 3.63) is 5.53 Å². The Balaban J connectivity index is 2.66. The summed E-state index contributed by atoms with van der Waals surface area (Å²) in [5.74, 6) is -1.52. The Morgan fingerprint density at radius 2 is 1.82 bits per heavy atom. The largest absolute Gasteiger partial charge is 0.451 e. The quantitative estimate of drug-likeness (QED) is 0.238. The number of rotatable bonds is 4. The number of ketones is 1. The number of carbonyl (C=O) groups excluding carboxylic acids is 2. The van der Waals surface area contributed by atoms with Crippen LogP contribution in [-0.4, -0.2) is 41.6 Å². The monoisotopic (exact) mass is 240 g/mol. The van der Waals surface area contributed by atoms with Gasteiger partial charge in [0.05, 0.1) is 6.10 Å². The summed E-state index contributed by atoms with van der Waals surface area (Å²) < 4.78 is 10.3. The summed E-state index contributed by atoms with van der Waals surface area (Å²) in [5, 5.41) is 0. The van der Waals surface area contributed by atoms with Crippen molar-refractivity contribution in [3.8, 4) is 0 Å². The first-order valence-electron chi connectivity index (χ1n) is 5.57. The van der Waals surface area contributed by atoms with Gasteiger partial charge in [0.2, 0.25) is 5.78 Å². The molecule has 17 heavy (non-hydrogen) atoms. The molecule has 0 amide bonds. The van der Waals surface area contributed by atoms with E-state index in [-0.39, 0.29) is 12.2 Å². The molecule has 1 rings (SSSR count). The van der Waals surface area contributed by atoms with Gasteiger partial charge >= 0.3 is 11.7 Å². The first kappa shape index (κ1) is 13.5. The number of hydrogen-bond donors (Lipinski definition) is 0. The van der Waals surface area contributed by atoms with Crippen LogP contribution in [0, 0.1) is 0 Å². The van der Waals surface area contributed by atoms with Crippen molar-refractivity contribution in [1.82, 2.24) is 0 Å². The summed E-state index contributed by atoms with van der Waals surface area (Å²) >= 11 is 0. The van der Waals surface area contributed by atoms with Crippen molar-refractivity contribution < 1.29 is 23.9 Å². The van der Waals surface area contributed by atoms with Gasteiger partial charge in [-0.3, -0.25) is 4.79 Å². The number of Topliss-reactive ketones (excluding diaryl/α,β-unsaturated/α-hetero) is 1. The number of hydrogen-bond acceptors (Lipinski definition) is 4. The van der Waals surface area contributed by atoms with E-state index in [4.69, 9.17) is 15.0 Å². The fourth-order valence-electron chi connectivity index (χ4n) is 1.92. The topological polar surface area (TPSA) is 89.0 Å². The molecule has 94 valence electrons. The van der Waals surface area contributed by atoms with E-state index in [2.05, 4.69) is 4.79 Å². The summed E-state index contributed by atoms with van der Waals surface area (Å²) in [7, 11) is 1.56. The molecule has 6 heteroatoms. The summed E-state index contributed by atoms with van der Waals surface area (Å²) in [6.07, 6.45) is 2.96. The van der Waals surface area contributed by atoms with E-state index in [0.29, 0.717) is 6.42 Å². The molecule has 0 radical (unpaired) electrons. The second kappa shape index (κ2) is 6.27. The Hall–Kier alpha value is -1.52. The highest BCUT2D eigenvalue weighted by Gasteiger charge is 2.34. The molecule has 1 aliphatic rings. The van der Waals surface area contributed by atoms with Crippen molar-refractivity contribution in [1.29, 1.82) is 0 Å². The van der Waals surface area contributed by atoms with Gasteiger partial charge in [-0.2, -0.15) is 4.79 Å². The molecular weight excluding hydrogens is 224 g/mol. The fraction of sp³-hybridized carbons (Fsp3) is 0.727. The molecule has 1 saturated carbocycles. The lowest BCUT2D eigenvalue weighted by Gasteiger charge is -2.29. The zero-order valence-corrected chi connectivity index (χ0v) is 10.0. The lowest BCUT2D eigenvalue weighted by atomic mass is 9.94. The number of ether oxygens (including phenoxy) is 2. The maximum Gasteiger partial charge on any atom is 0.441 e. The van der Waals surface area contributed by atoms with Crippen LogP contribution in [0.1, 0.15) is 32.6 Å².